The van der Waals surface area contributed by atoms with Gasteiger partial charge in [-0.25, -0.2) is 0 Å². The lowest BCUT2D eigenvalue weighted by Gasteiger charge is -2.17. The zero-order valence-electron chi connectivity index (χ0n) is 17.1. The van der Waals surface area contributed by atoms with Crippen molar-refractivity contribution in [3.63, 3.8) is 0 Å². The molecule has 0 aromatic heterocycles. The molecule has 0 aliphatic rings. The topological polar surface area (TPSA) is 116 Å². The molecule has 0 aliphatic heterocycles. The Hall–Kier alpha value is -3.41. The fraction of sp³-hybridized carbons (Fsp3) is 0.238. The third-order valence-electron chi connectivity index (χ3n) is 4.15. The van der Waals surface area contributed by atoms with Crippen LogP contribution in [0.5, 0.6) is 23.0 Å². The maximum Gasteiger partial charge on any atom is 0.238 e. The Morgan fingerprint density at radius 3 is 2.07 bits per heavy atom. The van der Waals surface area contributed by atoms with Crippen LogP contribution < -0.4 is 30.0 Å². The van der Waals surface area contributed by atoms with Crippen molar-refractivity contribution in [1.82, 2.24) is 0 Å². The summed E-state index contributed by atoms with van der Waals surface area (Å²) in [5.74, 6) is 1.46. The van der Waals surface area contributed by atoms with E-state index >= 15 is 0 Å². The lowest BCUT2D eigenvalue weighted by molar-refractivity contribution is -0.114. The number of hydrogen-bond acceptors (Lipinski definition) is 7. The van der Waals surface area contributed by atoms with Gasteiger partial charge in [-0.2, -0.15) is 5.26 Å². The maximum absolute atomic E-state index is 11.8. The summed E-state index contributed by atoms with van der Waals surface area (Å²) < 4.78 is 21.5. The number of rotatable bonds is 8. The number of carbonyl (C=O) groups excluding carboxylic acids is 1. The third-order valence-corrected chi connectivity index (χ3v) is 4.15. The number of nitriles is 1. The van der Waals surface area contributed by atoms with Crippen molar-refractivity contribution in [2.24, 2.45) is 5.73 Å². The van der Waals surface area contributed by atoms with Gasteiger partial charge in [0.2, 0.25) is 11.7 Å². The van der Waals surface area contributed by atoms with Gasteiger partial charge in [-0.3, -0.25) is 4.79 Å². The normalized spacial score (nSPS) is 10.3. The van der Waals surface area contributed by atoms with E-state index in [9.17, 15) is 10.1 Å². The van der Waals surface area contributed by atoms with Gasteiger partial charge in [-0.1, -0.05) is 6.07 Å². The van der Waals surface area contributed by atoms with E-state index < -0.39 is 0 Å². The second-order valence-corrected chi connectivity index (χ2v) is 5.77. The molecule has 0 unspecified atom stereocenters. The highest BCUT2D eigenvalue weighted by molar-refractivity contribution is 5.95. The largest absolute Gasteiger partial charge is 0.495 e. The Morgan fingerprint density at radius 2 is 1.60 bits per heavy atom. The number of hydrogen-bond donors (Lipinski definition) is 2. The molecular formula is C21H24ClN3O5. The van der Waals surface area contributed by atoms with Crippen molar-refractivity contribution < 1.29 is 23.7 Å². The molecule has 160 valence electrons. The summed E-state index contributed by atoms with van der Waals surface area (Å²) in [5, 5.41) is 12.0. The number of allylic oxidation sites excluding steroid dienone is 1. The molecule has 3 N–H and O–H groups in total. The summed E-state index contributed by atoms with van der Waals surface area (Å²) in [7, 11) is 6.05. The van der Waals surface area contributed by atoms with E-state index in [-0.39, 0.29) is 24.9 Å². The number of methoxy groups -OCH3 is 4. The summed E-state index contributed by atoms with van der Waals surface area (Å²) in [6, 6.07) is 10.7. The van der Waals surface area contributed by atoms with E-state index in [1.54, 1.807) is 30.3 Å². The Bertz CT molecular complexity index is 945. The number of anilines is 1. The van der Waals surface area contributed by atoms with E-state index in [0.717, 1.165) is 0 Å². The van der Waals surface area contributed by atoms with Crippen LogP contribution in [0, 0.1) is 11.3 Å². The number of halogens is 1. The molecule has 9 heteroatoms. The van der Waals surface area contributed by atoms with Crippen molar-refractivity contribution in [2.45, 2.75) is 0 Å². The molecule has 8 nitrogen and oxygen atoms in total. The zero-order chi connectivity index (χ0) is 21.4. The third kappa shape index (κ3) is 5.35. The SMILES string of the molecule is COc1ccc(C(=CC#N)c2cc(OC)c(OC)c(OC)c2)cc1NC(=O)CN.Cl. The average Bonchev–Trinajstić information content (AvgIpc) is 2.76. The van der Waals surface area contributed by atoms with Crippen LogP contribution in [0.25, 0.3) is 5.57 Å². The van der Waals surface area contributed by atoms with Gasteiger partial charge in [-0.15, -0.1) is 12.4 Å². The van der Waals surface area contributed by atoms with Gasteiger partial charge >= 0.3 is 0 Å². The maximum atomic E-state index is 11.8. The molecule has 0 aliphatic carbocycles. The van der Waals surface area contributed by atoms with Crippen LogP contribution in [0.1, 0.15) is 11.1 Å². The molecule has 1 amide bonds. The average molecular weight is 434 g/mol. The van der Waals surface area contributed by atoms with Crippen LogP contribution in [0.4, 0.5) is 5.69 Å². The van der Waals surface area contributed by atoms with Crippen LogP contribution >= 0.6 is 12.4 Å². The van der Waals surface area contributed by atoms with E-state index in [1.165, 1.54) is 34.5 Å². The minimum atomic E-state index is -0.362. The number of nitrogens with zero attached hydrogens (tertiary/aromatic N) is 1. The van der Waals surface area contributed by atoms with E-state index in [1.807, 2.05) is 0 Å². The van der Waals surface area contributed by atoms with E-state index in [2.05, 4.69) is 11.4 Å². The molecular weight excluding hydrogens is 410 g/mol. The quantitative estimate of drug-likeness (QED) is 0.614. The fourth-order valence-electron chi connectivity index (χ4n) is 2.81. The molecule has 0 atom stereocenters. The van der Waals surface area contributed by atoms with E-state index in [4.69, 9.17) is 24.7 Å². The van der Waals surface area contributed by atoms with Gasteiger partial charge in [0, 0.05) is 6.08 Å². The van der Waals surface area contributed by atoms with Crippen molar-refractivity contribution in [2.75, 3.05) is 40.3 Å². The van der Waals surface area contributed by atoms with Crippen molar-refractivity contribution in [3.8, 4) is 29.1 Å². The van der Waals surface area contributed by atoms with Crippen LogP contribution in [-0.2, 0) is 4.79 Å². The number of benzene rings is 2. The van der Waals surface area contributed by atoms with Crippen LogP contribution in [-0.4, -0.2) is 40.9 Å². The fourth-order valence-corrected chi connectivity index (χ4v) is 2.81. The molecule has 0 heterocycles. The second-order valence-electron chi connectivity index (χ2n) is 5.77. The summed E-state index contributed by atoms with van der Waals surface area (Å²) in [5.41, 5.74) is 7.77. The van der Waals surface area contributed by atoms with Gasteiger partial charge in [0.15, 0.2) is 11.5 Å². The number of amides is 1. The molecule has 0 bridgehead atoms. The van der Waals surface area contributed by atoms with Crippen LogP contribution in [0.2, 0.25) is 0 Å². The molecule has 2 aromatic rings. The summed E-state index contributed by atoms with van der Waals surface area (Å²) in [6.07, 6.45) is 1.40. The van der Waals surface area contributed by atoms with Gasteiger partial charge in [-0.05, 0) is 41.0 Å². The van der Waals surface area contributed by atoms with Gasteiger partial charge in [0.1, 0.15) is 5.75 Å². The van der Waals surface area contributed by atoms with Crippen LogP contribution in [0.15, 0.2) is 36.4 Å². The minimum absolute atomic E-state index is 0. The first kappa shape index (κ1) is 24.6. The predicted octanol–water partition coefficient (Wildman–Crippen LogP) is 3.00. The van der Waals surface area contributed by atoms with Gasteiger partial charge in [0.05, 0.1) is 46.7 Å². The lowest BCUT2D eigenvalue weighted by atomic mass is 9.96. The molecule has 0 saturated heterocycles. The first-order chi connectivity index (χ1) is 14.0. The Kier molecular flexibility index (Phi) is 9.49. The molecule has 0 saturated carbocycles. The standard InChI is InChI=1S/C21H23N3O5.ClH/c1-26-17-6-5-13(9-16(17)24-20(25)12-23)15(7-8-22)14-10-18(27-2)21(29-4)19(11-14)28-3;/h5-7,9-11H,12,23H2,1-4H3,(H,24,25);1H. The van der Waals surface area contributed by atoms with Crippen molar-refractivity contribution in [1.29, 1.82) is 5.26 Å². The highest BCUT2D eigenvalue weighted by Gasteiger charge is 2.17. The Morgan fingerprint density at radius 1 is 1.00 bits per heavy atom. The Balaban J connectivity index is 0.00000450. The van der Waals surface area contributed by atoms with Crippen LogP contribution in [0.3, 0.4) is 0 Å². The highest BCUT2D eigenvalue weighted by atomic mass is 35.5. The second kappa shape index (κ2) is 11.6. The van der Waals surface area contributed by atoms with Crippen molar-refractivity contribution in [3.05, 3.63) is 47.5 Å². The smallest absolute Gasteiger partial charge is 0.238 e. The van der Waals surface area contributed by atoms with Crippen molar-refractivity contribution >= 4 is 29.6 Å². The first-order valence-corrected chi connectivity index (χ1v) is 8.61. The number of carbonyl (C=O) groups is 1. The van der Waals surface area contributed by atoms with E-state index in [0.29, 0.717) is 45.4 Å². The number of nitrogens with two attached hydrogens (primary N) is 1. The zero-order valence-corrected chi connectivity index (χ0v) is 18.0. The molecule has 0 spiro atoms. The predicted molar refractivity (Wildman–Crippen MR) is 117 cm³/mol. The molecule has 0 radical (unpaired) electrons. The monoisotopic (exact) mass is 433 g/mol. The van der Waals surface area contributed by atoms with Gasteiger partial charge in [0.25, 0.3) is 0 Å². The summed E-state index contributed by atoms with van der Waals surface area (Å²) in [6.45, 7) is -0.166. The Labute approximate surface area is 181 Å². The number of nitrogens with one attached hydrogen (secondary N) is 1. The molecule has 0 fully saturated rings. The lowest BCUT2D eigenvalue weighted by Crippen LogP contribution is -2.22. The molecule has 2 rings (SSSR count). The molecule has 30 heavy (non-hydrogen) atoms. The summed E-state index contributed by atoms with van der Waals surface area (Å²) >= 11 is 0. The number of ether oxygens (including phenoxy) is 4. The minimum Gasteiger partial charge on any atom is -0.495 e. The molecule has 2 aromatic carbocycles. The first-order valence-electron chi connectivity index (χ1n) is 8.61. The van der Waals surface area contributed by atoms with Gasteiger partial charge < -0.3 is 30.0 Å². The highest BCUT2D eigenvalue weighted by Crippen LogP contribution is 2.41. The summed E-state index contributed by atoms with van der Waals surface area (Å²) in [4.78, 5) is 11.8.